The van der Waals surface area contributed by atoms with Crippen LogP contribution in [0.1, 0.15) is 19.3 Å². The summed E-state index contributed by atoms with van der Waals surface area (Å²) in [5, 5.41) is 3.47. The number of pyridine rings is 1. The monoisotopic (exact) mass is 369 g/mol. The third-order valence-corrected chi connectivity index (χ3v) is 4.81. The van der Waals surface area contributed by atoms with E-state index in [4.69, 9.17) is 0 Å². The molecule has 1 aliphatic rings. The largest absolute Gasteiger partial charge is 0.381 e. The van der Waals surface area contributed by atoms with E-state index >= 15 is 0 Å². The van der Waals surface area contributed by atoms with Crippen molar-refractivity contribution >= 4 is 27.4 Å². The molecule has 9 heteroatoms. The van der Waals surface area contributed by atoms with Crippen LogP contribution >= 0.6 is 0 Å². The summed E-state index contributed by atoms with van der Waals surface area (Å²) < 4.78 is 24.5. The van der Waals surface area contributed by atoms with Crippen LogP contribution in [0.5, 0.6) is 0 Å². The van der Waals surface area contributed by atoms with Crippen molar-refractivity contribution in [3.05, 3.63) is 18.3 Å². The minimum absolute atomic E-state index is 0.174. The molecule has 0 spiro atoms. The molecule has 8 nitrogen and oxygen atoms in total. The molecule has 1 aliphatic heterocycles. The molecule has 1 aromatic rings. The van der Waals surface area contributed by atoms with Gasteiger partial charge in [0.1, 0.15) is 5.82 Å². The molecule has 0 radical (unpaired) electrons. The standard InChI is InChI=1S/C16H27N5O3S/c1-20(2)15-7-6-14(11-17-15)19-13-5-4-9-21(10-8-13)16(22)12-18-25(3,23)24/h6-7,11,13,18-19H,4-5,8-10,12H2,1-3H3. The van der Waals surface area contributed by atoms with Crippen LogP contribution in [0.4, 0.5) is 11.5 Å². The SMILES string of the molecule is CN(C)c1ccc(NC2CCCN(C(=O)CNS(C)(=O)=O)CC2)cn1. The van der Waals surface area contributed by atoms with Crippen molar-refractivity contribution in [2.45, 2.75) is 25.3 Å². The minimum Gasteiger partial charge on any atom is -0.381 e. The van der Waals surface area contributed by atoms with Crippen LogP contribution in [0.2, 0.25) is 0 Å². The number of aromatic nitrogens is 1. The van der Waals surface area contributed by atoms with E-state index in [9.17, 15) is 13.2 Å². The number of sulfonamides is 1. The molecule has 2 rings (SSSR count). The first-order valence-corrected chi connectivity index (χ1v) is 10.3. The highest BCUT2D eigenvalue weighted by Crippen LogP contribution is 2.18. The molecule has 1 atom stereocenters. The van der Waals surface area contributed by atoms with E-state index < -0.39 is 10.0 Å². The Morgan fingerprint density at radius 1 is 1.32 bits per heavy atom. The second-order valence-corrected chi connectivity index (χ2v) is 8.38. The van der Waals surface area contributed by atoms with Gasteiger partial charge in [-0.1, -0.05) is 0 Å². The number of carbonyl (C=O) groups is 1. The quantitative estimate of drug-likeness (QED) is 0.758. The van der Waals surface area contributed by atoms with Crippen LogP contribution in [-0.2, 0) is 14.8 Å². The highest BCUT2D eigenvalue weighted by molar-refractivity contribution is 7.88. The first kappa shape index (κ1) is 19.5. The van der Waals surface area contributed by atoms with Gasteiger partial charge in [-0.25, -0.2) is 18.1 Å². The summed E-state index contributed by atoms with van der Waals surface area (Å²) in [6.07, 6.45) is 5.53. The van der Waals surface area contributed by atoms with Crippen LogP contribution in [-0.4, -0.2) is 70.2 Å². The molecule has 0 bridgehead atoms. The summed E-state index contributed by atoms with van der Waals surface area (Å²) in [6, 6.07) is 4.24. The topological polar surface area (TPSA) is 94.6 Å². The number of rotatable bonds is 6. The van der Waals surface area contributed by atoms with Gasteiger partial charge in [0.15, 0.2) is 0 Å². The lowest BCUT2D eigenvalue weighted by molar-refractivity contribution is -0.129. The number of hydrogen-bond acceptors (Lipinski definition) is 6. The third-order valence-electron chi connectivity index (χ3n) is 4.14. The lowest BCUT2D eigenvalue weighted by Gasteiger charge is -2.21. The maximum atomic E-state index is 12.1. The highest BCUT2D eigenvalue weighted by Gasteiger charge is 2.21. The molecular weight excluding hydrogens is 342 g/mol. The Hall–Kier alpha value is -1.87. The molecule has 1 amide bonds. The lowest BCUT2D eigenvalue weighted by Crippen LogP contribution is -2.40. The van der Waals surface area contributed by atoms with Crippen LogP contribution in [0.3, 0.4) is 0 Å². The van der Waals surface area contributed by atoms with E-state index in [2.05, 4.69) is 15.0 Å². The fourth-order valence-corrected chi connectivity index (χ4v) is 3.15. The van der Waals surface area contributed by atoms with E-state index in [-0.39, 0.29) is 18.5 Å². The first-order chi connectivity index (χ1) is 11.7. The molecule has 1 saturated heterocycles. The fourth-order valence-electron chi connectivity index (χ4n) is 2.77. The van der Waals surface area contributed by atoms with Crippen LogP contribution in [0.15, 0.2) is 18.3 Å². The van der Waals surface area contributed by atoms with Gasteiger partial charge in [0.2, 0.25) is 15.9 Å². The fraction of sp³-hybridized carbons (Fsp3) is 0.625. The van der Waals surface area contributed by atoms with Gasteiger partial charge in [-0.15, -0.1) is 0 Å². The molecule has 0 aliphatic carbocycles. The zero-order chi connectivity index (χ0) is 18.4. The van der Waals surface area contributed by atoms with Gasteiger partial charge in [-0.3, -0.25) is 4.79 Å². The molecule has 1 unspecified atom stereocenters. The number of anilines is 2. The number of carbonyl (C=O) groups excluding carboxylic acids is 1. The van der Waals surface area contributed by atoms with Gasteiger partial charge in [-0.05, 0) is 31.4 Å². The second-order valence-electron chi connectivity index (χ2n) is 6.55. The molecule has 2 heterocycles. The second kappa shape index (κ2) is 8.48. The summed E-state index contributed by atoms with van der Waals surface area (Å²) in [6.45, 7) is 1.10. The predicted octanol–water partition coefficient (Wildman–Crippen LogP) is 0.490. The molecule has 25 heavy (non-hydrogen) atoms. The lowest BCUT2D eigenvalue weighted by atomic mass is 10.1. The van der Waals surface area contributed by atoms with Gasteiger partial charge in [0.05, 0.1) is 24.7 Å². The van der Waals surface area contributed by atoms with Crippen molar-refractivity contribution in [3.63, 3.8) is 0 Å². The number of hydrogen-bond donors (Lipinski definition) is 2. The zero-order valence-electron chi connectivity index (χ0n) is 15.0. The minimum atomic E-state index is -3.35. The molecule has 1 aromatic heterocycles. The van der Waals surface area contributed by atoms with E-state index in [0.29, 0.717) is 13.1 Å². The summed E-state index contributed by atoms with van der Waals surface area (Å²) in [4.78, 5) is 20.2. The van der Waals surface area contributed by atoms with Crippen molar-refractivity contribution in [3.8, 4) is 0 Å². The molecular formula is C16H27N5O3S. The molecule has 0 saturated carbocycles. The number of amides is 1. The van der Waals surface area contributed by atoms with Gasteiger partial charge >= 0.3 is 0 Å². The Kier molecular flexibility index (Phi) is 6.60. The van der Waals surface area contributed by atoms with Crippen molar-refractivity contribution in [2.75, 3.05) is 50.2 Å². The average molecular weight is 369 g/mol. The van der Waals surface area contributed by atoms with Gasteiger partial charge in [0.25, 0.3) is 0 Å². The Morgan fingerprint density at radius 3 is 2.68 bits per heavy atom. The van der Waals surface area contributed by atoms with Crippen molar-refractivity contribution in [2.24, 2.45) is 0 Å². The summed E-state index contributed by atoms with van der Waals surface area (Å²) >= 11 is 0. The van der Waals surface area contributed by atoms with Crippen molar-refractivity contribution < 1.29 is 13.2 Å². The first-order valence-electron chi connectivity index (χ1n) is 8.37. The Morgan fingerprint density at radius 2 is 2.08 bits per heavy atom. The summed E-state index contributed by atoms with van der Waals surface area (Å²) in [5.74, 6) is 0.727. The average Bonchev–Trinajstić information content (AvgIpc) is 2.78. The smallest absolute Gasteiger partial charge is 0.237 e. The molecule has 1 fully saturated rings. The zero-order valence-corrected chi connectivity index (χ0v) is 15.8. The van der Waals surface area contributed by atoms with Gasteiger partial charge in [-0.2, -0.15) is 0 Å². The summed E-state index contributed by atoms with van der Waals surface area (Å²) in [7, 11) is 0.550. The van der Waals surface area contributed by atoms with E-state index in [0.717, 1.165) is 37.0 Å². The van der Waals surface area contributed by atoms with Crippen LogP contribution in [0, 0.1) is 0 Å². The van der Waals surface area contributed by atoms with Crippen molar-refractivity contribution in [1.82, 2.24) is 14.6 Å². The maximum Gasteiger partial charge on any atom is 0.237 e. The van der Waals surface area contributed by atoms with E-state index in [1.807, 2.05) is 37.3 Å². The van der Waals surface area contributed by atoms with Gasteiger partial charge in [0, 0.05) is 33.2 Å². The van der Waals surface area contributed by atoms with Crippen LogP contribution in [0.25, 0.3) is 0 Å². The number of nitrogens with zero attached hydrogens (tertiary/aromatic N) is 3. The van der Waals surface area contributed by atoms with E-state index in [1.165, 1.54) is 0 Å². The van der Waals surface area contributed by atoms with E-state index in [1.54, 1.807) is 4.90 Å². The van der Waals surface area contributed by atoms with Gasteiger partial charge < -0.3 is 15.1 Å². The normalized spacial score (nSPS) is 18.5. The molecule has 140 valence electrons. The Labute approximate surface area is 149 Å². The van der Waals surface area contributed by atoms with Crippen molar-refractivity contribution in [1.29, 1.82) is 0 Å². The predicted molar refractivity (Wildman–Crippen MR) is 99.3 cm³/mol. The molecule has 2 N–H and O–H groups in total. The molecule has 0 aromatic carbocycles. The number of nitrogens with one attached hydrogen (secondary N) is 2. The highest BCUT2D eigenvalue weighted by atomic mass is 32.2. The Bertz CT molecular complexity index is 676. The third kappa shape index (κ3) is 6.50. The summed E-state index contributed by atoms with van der Waals surface area (Å²) in [5.41, 5.74) is 0.967. The maximum absolute atomic E-state index is 12.1. The number of likely N-dealkylation sites (tertiary alicyclic amines) is 1. The Balaban J connectivity index is 1.85. The van der Waals surface area contributed by atoms with Crippen LogP contribution < -0.4 is 14.9 Å².